The number of carbonyl (C=O) groups excluding carboxylic acids is 1. The molecular weight excluding hydrogens is 362 g/mol. The maximum Gasteiger partial charge on any atom is 0.277 e. The van der Waals surface area contributed by atoms with Crippen LogP contribution in [0, 0.1) is 17.8 Å². The molecule has 0 spiro atoms. The minimum absolute atomic E-state index is 0.0207. The van der Waals surface area contributed by atoms with Crippen molar-refractivity contribution in [2.24, 2.45) is 17.8 Å². The summed E-state index contributed by atoms with van der Waals surface area (Å²) in [6.07, 6.45) is 5.33. The first-order valence-corrected chi connectivity index (χ1v) is 10.5. The van der Waals surface area contributed by atoms with Crippen molar-refractivity contribution in [2.75, 3.05) is 12.9 Å². The number of methoxy groups -OCH3 is 1. The van der Waals surface area contributed by atoms with Crippen LogP contribution in [0.3, 0.4) is 0 Å². The van der Waals surface area contributed by atoms with Crippen molar-refractivity contribution < 1.29 is 13.9 Å². The van der Waals surface area contributed by atoms with E-state index in [0.717, 1.165) is 17.4 Å². The first-order chi connectivity index (χ1) is 13.1. The molecule has 0 aliphatic heterocycles. The SMILES string of the molecule is COc1ccccc1-c1nnc(SCC(=O)NC(C)C2CC3CCC2C3)o1. The molecule has 4 rings (SSSR count). The Labute approximate surface area is 163 Å². The molecule has 7 heteroatoms. The predicted octanol–water partition coefficient (Wildman–Crippen LogP) is 3.78. The van der Waals surface area contributed by atoms with E-state index < -0.39 is 0 Å². The molecule has 0 saturated heterocycles. The summed E-state index contributed by atoms with van der Waals surface area (Å²) in [7, 11) is 1.60. The van der Waals surface area contributed by atoms with Gasteiger partial charge in [-0.15, -0.1) is 10.2 Å². The van der Waals surface area contributed by atoms with Crippen LogP contribution in [0.1, 0.15) is 32.6 Å². The Morgan fingerprint density at radius 2 is 2.19 bits per heavy atom. The van der Waals surface area contributed by atoms with E-state index in [2.05, 4.69) is 22.4 Å². The van der Waals surface area contributed by atoms with Crippen molar-refractivity contribution in [3.63, 3.8) is 0 Å². The van der Waals surface area contributed by atoms with E-state index in [-0.39, 0.29) is 17.7 Å². The molecule has 2 bridgehead atoms. The van der Waals surface area contributed by atoms with Gasteiger partial charge in [0.2, 0.25) is 5.91 Å². The van der Waals surface area contributed by atoms with E-state index in [9.17, 15) is 4.79 Å². The maximum atomic E-state index is 12.3. The zero-order chi connectivity index (χ0) is 18.8. The van der Waals surface area contributed by atoms with Gasteiger partial charge in [-0.05, 0) is 56.1 Å². The van der Waals surface area contributed by atoms with Gasteiger partial charge in [-0.3, -0.25) is 4.79 Å². The summed E-state index contributed by atoms with van der Waals surface area (Å²) in [5, 5.41) is 11.7. The fourth-order valence-electron chi connectivity index (χ4n) is 4.63. The van der Waals surface area contributed by atoms with Gasteiger partial charge in [0, 0.05) is 6.04 Å². The van der Waals surface area contributed by atoms with Crippen LogP contribution in [0.4, 0.5) is 0 Å². The van der Waals surface area contributed by atoms with Gasteiger partial charge in [0.05, 0.1) is 18.4 Å². The van der Waals surface area contributed by atoms with Crippen molar-refractivity contribution in [1.29, 1.82) is 0 Å². The van der Waals surface area contributed by atoms with E-state index >= 15 is 0 Å². The van der Waals surface area contributed by atoms with Gasteiger partial charge in [0.1, 0.15) is 5.75 Å². The Bertz CT molecular complexity index is 809. The Kier molecular flexibility index (Phi) is 5.38. The third kappa shape index (κ3) is 3.98. The highest BCUT2D eigenvalue weighted by atomic mass is 32.2. The van der Waals surface area contributed by atoms with Gasteiger partial charge in [0.25, 0.3) is 11.1 Å². The first-order valence-electron chi connectivity index (χ1n) is 9.53. The molecule has 27 heavy (non-hydrogen) atoms. The van der Waals surface area contributed by atoms with Crippen LogP contribution in [-0.2, 0) is 4.79 Å². The standard InChI is InChI=1S/C20H25N3O3S/c1-12(16-10-13-7-8-14(16)9-13)21-18(24)11-27-20-23-22-19(26-20)15-5-3-4-6-17(15)25-2/h3-6,12-14,16H,7-11H2,1-2H3,(H,21,24). The number of hydrogen-bond donors (Lipinski definition) is 1. The van der Waals surface area contributed by atoms with Gasteiger partial charge in [-0.2, -0.15) is 0 Å². The van der Waals surface area contributed by atoms with E-state index in [1.54, 1.807) is 7.11 Å². The highest BCUT2D eigenvalue weighted by Crippen LogP contribution is 2.49. The van der Waals surface area contributed by atoms with Gasteiger partial charge in [0.15, 0.2) is 0 Å². The summed E-state index contributed by atoms with van der Waals surface area (Å²) in [6, 6.07) is 7.72. The average molecular weight is 388 g/mol. The summed E-state index contributed by atoms with van der Waals surface area (Å²) in [5.41, 5.74) is 0.744. The zero-order valence-corrected chi connectivity index (χ0v) is 16.5. The molecule has 2 aliphatic carbocycles. The number of fused-ring (bicyclic) bond motifs is 2. The molecule has 1 aromatic heterocycles. The normalized spacial score (nSPS) is 24.7. The van der Waals surface area contributed by atoms with Crippen LogP contribution in [0.15, 0.2) is 33.9 Å². The number of ether oxygens (including phenoxy) is 1. The zero-order valence-electron chi connectivity index (χ0n) is 15.7. The van der Waals surface area contributed by atoms with Crippen molar-refractivity contribution >= 4 is 17.7 Å². The fraction of sp³-hybridized carbons (Fsp3) is 0.550. The number of aromatic nitrogens is 2. The second kappa shape index (κ2) is 7.92. The highest BCUT2D eigenvalue weighted by Gasteiger charge is 2.42. The summed E-state index contributed by atoms with van der Waals surface area (Å²) < 4.78 is 11.0. The van der Waals surface area contributed by atoms with Crippen LogP contribution in [0.25, 0.3) is 11.5 Å². The summed E-state index contributed by atoms with van der Waals surface area (Å²) >= 11 is 1.26. The Morgan fingerprint density at radius 3 is 2.93 bits per heavy atom. The molecule has 4 atom stereocenters. The molecular formula is C20H25N3O3S. The number of benzene rings is 1. The number of thioether (sulfide) groups is 1. The van der Waals surface area contributed by atoms with Crippen molar-refractivity contribution in [3.05, 3.63) is 24.3 Å². The number of nitrogens with zero attached hydrogens (tertiary/aromatic N) is 2. The van der Waals surface area contributed by atoms with Crippen molar-refractivity contribution in [1.82, 2.24) is 15.5 Å². The number of para-hydroxylation sites is 1. The van der Waals surface area contributed by atoms with E-state index in [4.69, 9.17) is 9.15 Å². The molecule has 1 amide bonds. The number of nitrogens with one attached hydrogen (secondary N) is 1. The molecule has 2 aromatic rings. The van der Waals surface area contributed by atoms with Crippen LogP contribution >= 0.6 is 11.8 Å². The van der Waals surface area contributed by atoms with Crippen LogP contribution in [-0.4, -0.2) is 35.0 Å². The van der Waals surface area contributed by atoms with Crippen molar-refractivity contribution in [2.45, 2.75) is 43.9 Å². The van der Waals surface area contributed by atoms with E-state index in [0.29, 0.717) is 22.8 Å². The van der Waals surface area contributed by atoms with Crippen LogP contribution < -0.4 is 10.1 Å². The lowest BCUT2D eigenvalue weighted by molar-refractivity contribution is -0.119. The molecule has 2 saturated carbocycles. The second-order valence-corrected chi connectivity index (χ2v) is 8.48. The topological polar surface area (TPSA) is 77.2 Å². The first kappa shape index (κ1) is 18.3. The van der Waals surface area contributed by atoms with Crippen LogP contribution in [0.5, 0.6) is 5.75 Å². The quantitative estimate of drug-likeness (QED) is 0.729. The smallest absolute Gasteiger partial charge is 0.277 e. The number of hydrogen-bond acceptors (Lipinski definition) is 6. The molecule has 2 fully saturated rings. The summed E-state index contributed by atoms with van der Waals surface area (Å²) in [6.45, 7) is 2.14. The fourth-order valence-corrected chi connectivity index (χ4v) is 5.21. The molecule has 4 unspecified atom stereocenters. The second-order valence-electron chi connectivity index (χ2n) is 7.56. The summed E-state index contributed by atoms with van der Waals surface area (Å²) in [4.78, 5) is 12.3. The lowest BCUT2D eigenvalue weighted by Gasteiger charge is -2.28. The molecule has 1 aromatic carbocycles. The lowest BCUT2D eigenvalue weighted by Crippen LogP contribution is -2.40. The predicted molar refractivity (Wildman–Crippen MR) is 104 cm³/mol. The molecule has 6 nitrogen and oxygen atoms in total. The number of carbonyl (C=O) groups is 1. The van der Waals surface area contributed by atoms with Crippen molar-refractivity contribution in [3.8, 4) is 17.2 Å². The number of amides is 1. The van der Waals surface area contributed by atoms with Gasteiger partial charge < -0.3 is 14.5 Å². The van der Waals surface area contributed by atoms with Gasteiger partial charge in [-0.1, -0.05) is 30.3 Å². The Balaban J connectivity index is 1.30. The molecule has 2 aliphatic rings. The maximum absolute atomic E-state index is 12.3. The third-order valence-corrected chi connectivity index (χ3v) is 6.71. The average Bonchev–Trinajstić information content (AvgIpc) is 3.43. The largest absolute Gasteiger partial charge is 0.496 e. The van der Waals surface area contributed by atoms with Crippen LogP contribution in [0.2, 0.25) is 0 Å². The molecule has 0 radical (unpaired) electrons. The molecule has 1 N–H and O–H groups in total. The molecule has 144 valence electrons. The Morgan fingerprint density at radius 1 is 1.33 bits per heavy atom. The van der Waals surface area contributed by atoms with Gasteiger partial charge in [-0.25, -0.2) is 0 Å². The molecule has 1 heterocycles. The van der Waals surface area contributed by atoms with E-state index in [1.807, 2.05) is 24.3 Å². The highest BCUT2D eigenvalue weighted by molar-refractivity contribution is 7.99. The summed E-state index contributed by atoms with van der Waals surface area (Å²) in [5.74, 6) is 3.70. The Hall–Kier alpha value is -2.02. The monoisotopic (exact) mass is 387 g/mol. The minimum atomic E-state index is 0.0207. The minimum Gasteiger partial charge on any atom is -0.496 e. The van der Waals surface area contributed by atoms with E-state index in [1.165, 1.54) is 37.4 Å². The number of rotatable bonds is 7. The lowest BCUT2D eigenvalue weighted by atomic mass is 9.84. The van der Waals surface area contributed by atoms with Gasteiger partial charge >= 0.3 is 0 Å². The third-order valence-electron chi connectivity index (χ3n) is 5.89.